The quantitative estimate of drug-likeness (QED) is 0.785. The molecule has 3 heteroatoms. The van der Waals surface area contributed by atoms with Gasteiger partial charge in [0.25, 0.3) is 0 Å². The highest BCUT2D eigenvalue weighted by Gasteiger charge is 2.31. The van der Waals surface area contributed by atoms with Gasteiger partial charge in [0.2, 0.25) is 0 Å². The van der Waals surface area contributed by atoms with E-state index in [0.717, 1.165) is 37.4 Å². The standard InChI is InChI=1S/C17H27FN2/c1-3-10-20(12-13-8-9-13)17(16(19)4-2)14-6-5-7-15(18)11-14/h5-7,11,13,16-17H,3-4,8-10,12,19H2,1-2H3. The largest absolute Gasteiger partial charge is 0.326 e. The fraction of sp³-hybridized carbons (Fsp3) is 0.647. The number of halogens is 1. The molecule has 0 saturated heterocycles. The predicted octanol–water partition coefficient (Wildman–Crippen LogP) is 3.73. The van der Waals surface area contributed by atoms with Crippen molar-refractivity contribution in [1.82, 2.24) is 4.90 Å². The summed E-state index contributed by atoms with van der Waals surface area (Å²) in [6, 6.07) is 7.15. The van der Waals surface area contributed by atoms with E-state index in [9.17, 15) is 4.39 Å². The molecule has 0 spiro atoms. The summed E-state index contributed by atoms with van der Waals surface area (Å²) in [6.45, 7) is 6.44. The van der Waals surface area contributed by atoms with E-state index >= 15 is 0 Å². The summed E-state index contributed by atoms with van der Waals surface area (Å²) in [5.74, 6) is 0.653. The number of benzene rings is 1. The van der Waals surface area contributed by atoms with E-state index in [4.69, 9.17) is 5.73 Å². The lowest BCUT2D eigenvalue weighted by Crippen LogP contribution is -2.42. The molecule has 0 bridgehead atoms. The van der Waals surface area contributed by atoms with Crippen molar-refractivity contribution in [3.8, 4) is 0 Å². The van der Waals surface area contributed by atoms with Crippen molar-refractivity contribution < 1.29 is 4.39 Å². The Bertz CT molecular complexity index is 417. The lowest BCUT2D eigenvalue weighted by atomic mass is 9.95. The molecule has 0 aromatic heterocycles. The van der Waals surface area contributed by atoms with Crippen molar-refractivity contribution >= 4 is 0 Å². The molecule has 1 aliphatic carbocycles. The second kappa shape index (κ2) is 7.19. The van der Waals surface area contributed by atoms with E-state index in [0.29, 0.717) is 0 Å². The molecule has 1 aliphatic rings. The SMILES string of the molecule is CCCN(CC1CC1)C(c1cccc(F)c1)C(N)CC. The molecule has 2 N–H and O–H groups in total. The number of rotatable bonds is 8. The fourth-order valence-corrected chi connectivity index (χ4v) is 2.91. The van der Waals surface area contributed by atoms with Gasteiger partial charge in [-0.25, -0.2) is 4.39 Å². The van der Waals surface area contributed by atoms with Crippen LogP contribution in [0.4, 0.5) is 4.39 Å². The summed E-state index contributed by atoms with van der Waals surface area (Å²) >= 11 is 0. The van der Waals surface area contributed by atoms with E-state index in [2.05, 4.69) is 18.7 Å². The third kappa shape index (κ3) is 4.03. The molecular weight excluding hydrogens is 251 g/mol. The van der Waals surface area contributed by atoms with Gasteiger partial charge in [-0.3, -0.25) is 4.90 Å². The van der Waals surface area contributed by atoms with Crippen molar-refractivity contribution in [2.24, 2.45) is 11.7 Å². The van der Waals surface area contributed by atoms with E-state index in [1.807, 2.05) is 6.07 Å². The summed E-state index contributed by atoms with van der Waals surface area (Å²) in [7, 11) is 0. The van der Waals surface area contributed by atoms with E-state index in [1.54, 1.807) is 12.1 Å². The maximum Gasteiger partial charge on any atom is 0.123 e. The first-order chi connectivity index (χ1) is 9.65. The Morgan fingerprint density at radius 1 is 1.35 bits per heavy atom. The monoisotopic (exact) mass is 278 g/mol. The van der Waals surface area contributed by atoms with Crippen LogP contribution in [0.15, 0.2) is 24.3 Å². The van der Waals surface area contributed by atoms with Gasteiger partial charge in [0.15, 0.2) is 0 Å². The summed E-state index contributed by atoms with van der Waals surface area (Å²) in [5.41, 5.74) is 7.38. The Morgan fingerprint density at radius 3 is 2.65 bits per heavy atom. The van der Waals surface area contributed by atoms with Crippen LogP contribution in [-0.4, -0.2) is 24.0 Å². The number of nitrogens with zero attached hydrogens (tertiary/aromatic N) is 1. The van der Waals surface area contributed by atoms with Gasteiger partial charge in [0.1, 0.15) is 5.82 Å². The molecule has 0 radical (unpaired) electrons. The van der Waals surface area contributed by atoms with Gasteiger partial charge < -0.3 is 5.73 Å². The first kappa shape index (κ1) is 15.5. The normalized spacial score (nSPS) is 18.2. The van der Waals surface area contributed by atoms with E-state index in [-0.39, 0.29) is 17.9 Å². The van der Waals surface area contributed by atoms with Crippen LogP contribution in [0, 0.1) is 11.7 Å². The minimum absolute atomic E-state index is 0.0575. The van der Waals surface area contributed by atoms with Crippen molar-refractivity contribution in [2.75, 3.05) is 13.1 Å². The smallest absolute Gasteiger partial charge is 0.123 e. The highest BCUT2D eigenvalue weighted by Crippen LogP contribution is 2.34. The molecule has 1 aromatic carbocycles. The van der Waals surface area contributed by atoms with Crippen molar-refractivity contribution in [2.45, 2.75) is 51.6 Å². The van der Waals surface area contributed by atoms with Gasteiger partial charge in [-0.15, -0.1) is 0 Å². The number of hydrogen-bond acceptors (Lipinski definition) is 2. The molecule has 1 saturated carbocycles. The number of nitrogens with two attached hydrogens (primary N) is 1. The summed E-state index contributed by atoms with van der Waals surface area (Å²) in [4.78, 5) is 2.47. The maximum absolute atomic E-state index is 13.6. The third-order valence-electron chi connectivity index (χ3n) is 4.16. The molecule has 2 rings (SSSR count). The Hall–Kier alpha value is -0.930. The molecule has 20 heavy (non-hydrogen) atoms. The molecule has 0 aliphatic heterocycles. The summed E-state index contributed by atoms with van der Waals surface area (Å²) in [5, 5.41) is 0. The summed E-state index contributed by atoms with van der Waals surface area (Å²) < 4.78 is 13.6. The Labute approximate surface area is 122 Å². The van der Waals surface area contributed by atoms with Crippen LogP contribution >= 0.6 is 0 Å². The maximum atomic E-state index is 13.6. The van der Waals surface area contributed by atoms with Crippen LogP contribution in [-0.2, 0) is 0 Å². The van der Waals surface area contributed by atoms with Gasteiger partial charge in [0, 0.05) is 18.6 Å². The molecule has 112 valence electrons. The Kier molecular flexibility index (Phi) is 5.55. The van der Waals surface area contributed by atoms with Crippen LogP contribution in [0.2, 0.25) is 0 Å². The zero-order chi connectivity index (χ0) is 14.5. The topological polar surface area (TPSA) is 29.3 Å². The van der Waals surface area contributed by atoms with Crippen LogP contribution in [0.1, 0.15) is 51.1 Å². The van der Waals surface area contributed by atoms with Gasteiger partial charge in [-0.1, -0.05) is 26.0 Å². The Balaban J connectivity index is 2.23. The van der Waals surface area contributed by atoms with Crippen LogP contribution in [0.5, 0.6) is 0 Å². The Morgan fingerprint density at radius 2 is 2.10 bits per heavy atom. The van der Waals surface area contributed by atoms with Crippen molar-refractivity contribution in [1.29, 1.82) is 0 Å². The molecule has 2 unspecified atom stereocenters. The van der Waals surface area contributed by atoms with Gasteiger partial charge in [-0.05, 0) is 55.8 Å². The minimum Gasteiger partial charge on any atom is -0.326 e. The summed E-state index contributed by atoms with van der Waals surface area (Å²) in [6.07, 6.45) is 4.68. The molecule has 0 heterocycles. The molecule has 1 aromatic rings. The lowest BCUT2D eigenvalue weighted by Gasteiger charge is -2.35. The fourth-order valence-electron chi connectivity index (χ4n) is 2.91. The first-order valence-electron chi connectivity index (χ1n) is 7.90. The minimum atomic E-state index is -0.168. The van der Waals surface area contributed by atoms with Gasteiger partial charge >= 0.3 is 0 Å². The zero-order valence-corrected chi connectivity index (χ0v) is 12.7. The molecule has 2 nitrogen and oxygen atoms in total. The third-order valence-corrected chi connectivity index (χ3v) is 4.16. The zero-order valence-electron chi connectivity index (χ0n) is 12.7. The van der Waals surface area contributed by atoms with Gasteiger partial charge in [-0.2, -0.15) is 0 Å². The van der Waals surface area contributed by atoms with Crippen LogP contribution in [0.25, 0.3) is 0 Å². The molecule has 2 atom stereocenters. The predicted molar refractivity (Wildman–Crippen MR) is 82.0 cm³/mol. The average Bonchev–Trinajstić information content (AvgIpc) is 3.23. The molecule has 0 amide bonds. The highest BCUT2D eigenvalue weighted by atomic mass is 19.1. The van der Waals surface area contributed by atoms with E-state index < -0.39 is 0 Å². The molecular formula is C17H27FN2. The van der Waals surface area contributed by atoms with E-state index in [1.165, 1.54) is 18.9 Å². The van der Waals surface area contributed by atoms with Crippen molar-refractivity contribution in [3.63, 3.8) is 0 Å². The van der Waals surface area contributed by atoms with Crippen molar-refractivity contribution in [3.05, 3.63) is 35.6 Å². The second-order valence-electron chi connectivity index (χ2n) is 6.01. The second-order valence-corrected chi connectivity index (χ2v) is 6.01. The first-order valence-corrected chi connectivity index (χ1v) is 7.90. The van der Waals surface area contributed by atoms with Crippen LogP contribution in [0.3, 0.4) is 0 Å². The highest BCUT2D eigenvalue weighted by molar-refractivity contribution is 5.22. The average molecular weight is 278 g/mol. The van der Waals surface area contributed by atoms with Crippen LogP contribution < -0.4 is 5.73 Å². The van der Waals surface area contributed by atoms with Gasteiger partial charge in [0.05, 0.1) is 0 Å². The lowest BCUT2D eigenvalue weighted by molar-refractivity contribution is 0.161. The number of hydrogen-bond donors (Lipinski definition) is 1. The molecule has 1 fully saturated rings.